The molecule has 0 saturated heterocycles. The number of nitrogens with one attached hydrogen (secondary N) is 1. The Morgan fingerprint density at radius 2 is 2.24 bits per heavy atom. The van der Waals surface area contributed by atoms with E-state index in [1.165, 1.54) is 4.90 Å². The second kappa shape index (κ2) is 7.23. The minimum atomic E-state index is -0.223. The second-order valence-electron chi connectivity index (χ2n) is 6.40. The van der Waals surface area contributed by atoms with Gasteiger partial charge in [0.25, 0.3) is 5.91 Å². The lowest BCUT2D eigenvalue weighted by atomic mass is 10.1. The number of fused-ring (bicyclic) bond motifs is 1. The van der Waals surface area contributed by atoms with Crippen LogP contribution in [-0.2, 0) is 9.59 Å². The number of carbonyl (C=O) groups excluding carboxylic acids is 2. The van der Waals surface area contributed by atoms with Crippen molar-refractivity contribution in [3.8, 4) is 17.0 Å². The van der Waals surface area contributed by atoms with E-state index in [2.05, 4.69) is 10.3 Å². The van der Waals surface area contributed by atoms with Crippen LogP contribution in [0.25, 0.3) is 11.3 Å². The van der Waals surface area contributed by atoms with Crippen molar-refractivity contribution in [2.45, 2.75) is 20.8 Å². The Morgan fingerprint density at radius 3 is 2.92 bits per heavy atom. The van der Waals surface area contributed by atoms with Gasteiger partial charge in [-0.1, -0.05) is 13.8 Å². The van der Waals surface area contributed by atoms with Gasteiger partial charge in [0.05, 0.1) is 16.4 Å². The molecule has 0 radical (unpaired) electrons. The molecule has 2 heterocycles. The van der Waals surface area contributed by atoms with Crippen LogP contribution in [-0.4, -0.2) is 36.5 Å². The molecule has 0 saturated carbocycles. The lowest BCUT2D eigenvalue weighted by molar-refractivity contribution is -0.125. The monoisotopic (exact) mass is 359 g/mol. The molecule has 1 aromatic carbocycles. The van der Waals surface area contributed by atoms with Gasteiger partial charge in [-0.2, -0.15) is 0 Å². The van der Waals surface area contributed by atoms with Gasteiger partial charge in [0.1, 0.15) is 12.3 Å². The van der Waals surface area contributed by atoms with E-state index in [0.717, 1.165) is 16.3 Å². The molecule has 2 aromatic rings. The van der Waals surface area contributed by atoms with Crippen LogP contribution in [0.2, 0.25) is 0 Å². The molecule has 25 heavy (non-hydrogen) atoms. The van der Waals surface area contributed by atoms with E-state index in [1.807, 2.05) is 44.4 Å². The van der Waals surface area contributed by atoms with Crippen molar-refractivity contribution in [1.82, 2.24) is 10.3 Å². The number of benzene rings is 1. The van der Waals surface area contributed by atoms with Crippen LogP contribution < -0.4 is 15.0 Å². The predicted octanol–water partition coefficient (Wildman–Crippen LogP) is 2.62. The molecular weight excluding hydrogens is 338 g/mol. The SMILES string of the molecule is Cc1nc(-c2ccc3c(c2)N(CC(=O)NCC(C)C)C(=O)CO3)cs1. The van der Waals surface area contributed by atoms with Crippen LogP contribution in [0, 0.1) is 12.8 Å². The summed E-state index contributed by atoms with van der Waals surface area (Å²) in [7, 11) is 0. The first-order chi connectivity index (χ1) is 11.9. The summed E-state index contributed by atoms with van der Waals surface area (Å²) in [5, 5.41) is 5.80. The maximum Gasteiger partial charge on any atom is 0.265 e. The largest absolute Gasteiger partial charge is 0.482 e. The van der Waals surface area contributed by atoms with Crippen LogP contribution in [0.15, 0.2) is 23.6 Å². The van der Waals surface area contributed by atoms with Crippen molar-refractivity contribution in [3.63, 3.8) is 0 Å². The van der Waals surface area contributed by atoms with E-state index in [4.69, 9.17) is 4.74 Å². The van der Waals surface area contributed by atoms with Gasteiger partial charge in [-0.05, 0) is 31.0 Å². The van der Waals surface area contributed by atoms with E-state index in [0.29, 0.717) is 23.9 Å². The van der Waals surface area contributed by atoms with E-state index in [-0.39, 0.29) is 25.0 Å². The van der Waals surface area contributed by atoms with Crippen LogP contribution in [0.1, 0.15) is 18.9 Å². The lowest BCUT2D eigenvalue weighted by Crippen LogP contribution is -2.45. The van der Waals surface area contributed by atoms with Gasteiger partial charge in [0.2, 0.25) is 5.91 Å². The number of aromatic nitrogens is 1. The molecule has 0 fully saturated rings. The number of aryl methyl sites for hydroxylation is 1. The number of hydrogen-bond donors (Lipinski definition) is 1. The fourth-order valence-corrected chi connectivity index (χ4v) is 3.17. The molecule has 1 N–H and O–H groups in total. The maximum atomic E-state index is 12.3. The number of nitrogens with zero attached hydrogens (tertiary/aromatic N) is 2. The Kier molecular flexibility index (Phi) is 5.03. The molecule has 0 atom stereocenters. The van der Waals surface area contributed by atoms with Crippen molar-refractivity contribution in [2.75, 3.05) is 24.6 Å². The normalized spacial score (nSPS) is 13.6. The van der Waals surface area contributed by atoms with Crippen LogP contribution in [0.3, 0.4) is 0 Å². The lowest BCUT2D eigenvalue weighted by Gasteiger charge is -2.29. The number of anilines is 1. The van der Waals surface area contributed by atoms with Gasteiger partial charge < -0.3 is 10.1 Å². The van der Waals surface area contributed by atoms with Gasteiger partial charge in [-0.15, -0.1) is 11.3 Å². The highest BCUT2D eigenvalue weighted by atomic mass is 32.1. The summed E-state index contributed by atoms with van der Waals surface area (Å²) < 4.78 is 5.50. The molecule has 0 unspecified atom stereocenters. The topological polar surface area (TPSA) is 71.5 Å². The zero-order valence-electron chi connectivity index (χ0n) is 14.5. The number of carbonyl (C=O) groups is 2. The van der Waals surface area contributed by atoms with Crippen molar-refractivity contribution >= 4 is 28.8 Å². The van der Waals surface area contributed by atoms with Crippen molar-refractivity contribution in [3.05, 3.63) is 28.6 Å². The summed E-state index contributed by atoms with van der Waals surface area (Å²) in [4.78, 5) is 30.4. The minimum Gasteiger partial charge on any atom is -0.482 e. The Hall–Kier alpha value is -2.41. The van der Waals surface area contributed by atoms with Gasteiger partial charge in [0, 0.05) is 17.5 Å². The van der Waals surface area contributed by atoms with Crippen molar-refractivity contribution < 1.29 is 14.3 Å². The summed E-state index contributed by atoms with van der Waals surface area (Å²) in [6, 6.07) is 5.60. The van der Waals surface area contributed by atoms with E-state index >= 15 is 0 Å². The average Bonchev–Trinajstić information content (AvgIpc) is 3.01. The Balaban J connectivity index is 1.86. The zero-order valence-corrected chi connectivity index (χ0v) is 15.4. The highest BCUT2D eigenvalue weighted by Gasteiger charge is 2.28. The molecule has 0 spiro atoms. The molecular formula is C18H21N3O3S. The fraction of sp³-hybridized carbons (Fsp3) is 0.389. The average molecular weight is 359 g/mol. The molecule has 7 heteroatoms. The standard InChI is InChI=1S/C18H21N3O3S/c1-11(2)7-19-17(22)8-21-15-6-13(14-10-25-12(3)20-14)4-5-16(15)24-9-18(21)23/h4-6,10-11H,7-9H2,1-3H3,(H,19,22). The predicted molar refractivity (Wildman–Crippen MR) is 98.0 cm³/mol. The van der Waals surface area contributed by atoms with Crippen LogP contribution >= 0.6 is 11.3 Å². The van der Waals surface area contributed by atoms with Crippen molar-refractivity contribution in [1.29, 1.82) is 0 Å². The summed E-state index contributed by atoms with van der Waals surface area (Å²) in [6.07, 6.45) is 0. The molecule has 6 nitrogen and oxygen atoms in total. The maximum absolute atomic E-state index is 12.3. The van der Waals surface area contributed by atoms with E-state index in [9.17, 15) is 9.59 Å². The molecule has 1 aromatic heterocycles. The third-order valence-electron chi connectivity index (χ3n) is 3.83. The fourth-order valence-electron chi connectivity index (χ4n) is 2.55. The van der Waals surface area contributed by atoms with Gasteiger partial charge in [0.15, 0.2) is 6.61 Å². The first-order valence-corrected chi connectivity index (χ1v) is 9.08. The molecule has 0 aliphatic carbocycles. The zero-order chi connectivity index (χ0) is 18.0. The van der Waals surface area contributed by atoms with E-state index < -0.39 is 0 Å². The Bertz CT molecular complexity index is 801. The smallest absolute Gasteiger partial charge is 0.265 e. The Labute approximate surface area is 150 Å². The van der Waals surface area contributed by atoms with Crippen molar-refractivity contribution in [2.24, 2.45) is 5.92 Å². The number of amides is 2. The molecule has 1 aliphatic heterocycles. The number of thiazole rings is 1. The Morgan fingerprint density at radius 1 is 1.44 bits per heavy atom. The van der Waals surface area contributed by atoms with Gasteiger partial charge in [-0.3, -0.25) is 14.5 Å². The first-order valence-electron chi connectivity index (χ1n) is 8.20. The van der Waals surface area contributed by atoms with Crippen LogP contribution in [0.5, 0.6) is 5.75 Å². The van der Waals surface area contributed by atoms with E-state index in [1.54, 1.807) is 11.3 Å². The quantitative estimate of drug-likeness (QED) is 0.891. The molecule has 1 aliphatic rings. The summed E-state index contributed by atoms with van der Waals surface area (Å²) in [5.74, 6) is 0.562. The highest BCUT2D eigenvalue weighted by Crippen LogP contribution is 2.36. The number of rotatable bonds is 5. The first kappa shape index (κ1) is 17.4. The third kappa shape index (κ3) is 3.99. The molecule has 0 bridgehead atoms. The van der Waals surface area contributed by atoms with Gasteiger partial charge >= 0.3 is 0 Å². The highest BCUT2D eigenvalue weighted by molar-refractivity contribution is 7.09. The second-order valence-corrected chi connectivity index (χ2v) is 7.46. The summed E-state index contributed by atoms with van der Waals surface area (Å²) in [6.45, 7) is 6.52. The molecule has 3 rings (SSSR count). The third-order valence-corrected chi connectivity index (χ3v) is 4.60. The molecule has 132 valence electrons. The summed E-state index contributed by atoms with van der Waals surface area (Å²) in [5.41, 5.74) is 2.36. The van der Waals surface area contributed by atoms with Crippen LogP contribution in [0.4, 0.5) is 5.69 Å². The number of ether oxygens (including phenoxy) is 1. The number of hydrogen-bond acceptors (Lipinski definition) is 5. The molecule has 2 amide bonds. The summed E-state index contributed by atoms with van der Waals surface area (Å²) >= 11 is 1.57. The van der Waals surface area contributed by atoms with Gasteiger partial charge in [-0.25, -0.2) is 4.98 Å². The minimum absolute atomic E-state index is 0.0124.